The maximum absolute atomic E-state index is 9.94. The summed E-state index contributed by atoms with van der Waals surface area (Å²) in [7, 11) is 5.86. The van der Waals surface area contributed by atoms with E-state index in [9.17, 15) is 5.11 Å². The standard InChI is InChI=1S/C12H29N3O/c1-9(13-3)6-11(15-5)8-12(16)7-10(2)14-4/h9-16H,6-8H2,1-5H3. The molecule has 4 nitrogen and oxygen atoms in total. The molecule has 0 amide bonds. The maximum Gasteiger partial charge on any atom is 0.0569 e. The van der Waals surface area contributed by atoms with Crippen LogP contribution in [-0.4, -0.2) is 50.5 Å². The van der Waals surface area contributed by atoms with Gasteiger partial charge in [-0.2, -0.15) is 0 Å². The summed E-state index contributed by atoms with van der Waals surface area (Å²) >= 11 is 0. The second-order valence-corrected chi connectivity index (χ2v) is 4.73. The van der Waals surface area contributed by atoms with Crippen LogP contribution in [0.2, 0.25) is 0 Å². The van der Waals surface area contributed by atoms with E-state index in [-0.39, 0.29) is 6.10 Å². The third-order valence-corrected chi connectivity index (χ3v) is 3.21. The van der Waals surface area contributed by atoms with Crippen molar-refractivity contribution in [1.29, 1.82) is 0 Å². The quantitative estimate of drug-likeness (QED) is 0.462. The minimum absolute atomic E-state index is 0.232. The summed E-state index contributed by atoms with van der Waals surface area (Å²) in [6.07, 6.45) is 2.43. The topological polar surface area (TPSA) is 56.3 Å². The Hall–Kier alpha value is -0.160. The van der Waals surface area contributed by atoms with Gasteiger partial charge < -0.3 is 21.1 Å². The lowest BCUT2D eigenvalue weighted by Gasteiger charge is -2.24. The number of aliphatic hydroxyl groups is 1. The molecule has 98 valence electrons. The molecule has 16 heavy (non-hydrogen) atoms. The van der Waals surface area contributed by atoms with Crippen LogP contribution in [0.5, 0.6) is 0 Å². The lowest BCUT2D eigenvalue weighted by Crippen LogP contribution is -2.37. The predicted octanol–water partition coefficient (Wildman–Crippen LogP) is 0.321. The van der Waals surface area contributed by atoms with Gasteiger partial charge in [0.1, 0.15) is 0 Å². The van der Waals surface area contributed by atoms with Gasteiger partial charge in [-0.3, -0.25) is 0 Å². The fraction of sp³-hybridized carbons (Fsp3) is 1.00. The Morgan fingerprint density at radius 1 is 0.812 bits per heavy atom. The molecule has 0 radical (unpaired) electrons. The first kappa shape index (κ1) is 15.8. The fourth-order valence-electron chi connectivity index (χ4n) is 1.83. The Morgan fingerprint density at radius 3 is 1.75 bits per heavy atom. The highest BCUT2D eigenvalue weighted by atomic mass is 16.3. The first-order chi connectivity index (χ1) is 7.53. The molecule has 4 atom stereocenters. The summed E-state index contributed by atoms with van der Waals surface area (Å²) in [5, 5.41) is 19.6. The molecule has 4 unspecified atom stereocenters. The van der Waals surface area contributed by atoms with Gasteiger partial charge in [0.25, 0.3) is 0 Å². The van der Waals surface area contributed by atoms with Gasteiger partial charge in [-0.15, -0.1) is 0 Å². The fourth-order valence-corrected chi connectivity index (χ4v) is 1.83. The number of nitrogens with one attached hydrogen (secondary N) is 3. The molecule has 4 N–H and O–H groups in total. The average Bonchev–Trinajstić information content (AvgIpc) is 2.27. The summed E-state index contributed by atoms with van der Waals surface area (Å²) < 4.78 is 0. The lowest BCUT2D eigenvalue weighted by molar-refractivity contribution is 0.128. The Kier molecular flexibility index (Phi) is 8.84. The molecule has 0 rings (SSSR count). The van der Waals surface area contributed by atoms with Crippen LogP contribution in [-0.2, 0) is 0 Å². The second-order valence-electron chi connectivity index (χ2n) is 4.73. The first-order valence-corrected chi connectivity index (χ1v) is 6.23. The van der Waals surface area contributed by atoms with Crippen molar-refractivity contribution in [1.82, 2.24) is 16.0 Å². The van der Waals surface area contributed by atoms with Crippen molar-refractivity contribution in [3.05, 3.63) is 0 Å². The van der Waals surface area contributed by atoms with E-state index in [1.165, 1.54) is 0 Å². The van der Waals surface area contributed by atoms with Crippen LogP contribution in [0.25, 0.3) is 0 Å². The van der Waals surface area contributed by atoms with E-state index >= 15 is 0 Å². The Morgan fingerprint density at radius 2 is 1.31 bits per heavy atom. The van der Waals surface area contributed by atoms with Gasteiger partial charge in [0.2, 0.25) is 0 Å². The number of hydrogen-bond acceptors (Lipinski definition) is 4. The van der Waals surface area contributed by atoms with Crippen molar-refractivity contribution < 1.29 is 5.11 Å². The molecule has 0 aliphatic carbocycles. The van der Waals surface area contributed by atoms with Crippen LogP contribution in [0.15, 0.2) is 0 Å². The molecule has 0 aromatic heterocycles. The average molecular weight is 231 g/mol. The van der Waals surface area contributed by atoms with Gasteiger partial charge in [0, 0.05) is 18.1 Å². The van der Waals surface area contributed by atoms with E-state index in [0.29, 0.717) is 18.1 Å². The van der Waals surface area contributed by atoms with Crippen LogP contribution in [0.3, 0.4) is 0 Å². The molecule has 0 spiro atoms. The zero-order valence-electron chi connectivity index (χ0n) is 11.4. The summed E-state index contributed by atoms with van der Waals surface area (Å²) in [4.78, 5) is 0. The SMILES string of the molecule is CNC(C)CC(O)CC(CC(C)NC)NC. The summed E-state index contributed by atoms with van der Waals surface area (Å²) in [5.74, 6) is 0. The normalized spacial score (nSPS) is 19.1. The minimum atomic E-state index is -0.232. The van der Waals surface area contributed by atoms with Crippen LogP contribution in [0, 0.1) is 0 Å². The highest BCUT2D eigenvalue weighted by Crippen LogP contribution is 2.09. The predicted molar refractivity (Wildman–Crippen MR) is 69.7 cm³/mol. The zero-order valence-corrected chi connectivity index (χ0v) is 11.4. The van der Waals surface area contributed by atoms with Crippen LogP contribution < -0.4 is 16.0 Å². The van der Waals surface area contributed by atoms with Crippen molar-refractivity contribution in [3.8, 4) is 0 Å². The van der Waals surface area contributed by atoms with E-state index in [0.717, 1.165) is 19.3 Å². The Bertz CT molecular complexity index is 166. The van der Waals surface area contributed by atoms with Gasteiger partial charge in [0.05, 0.1) is 6.10 Å². The largest absolute Gasteiger partial charge is 0.393 e. The molecule has 0 fully saturated rings. The van der Waals surface area contributed by atoms with E-state index in [1.54, 1.807) is 0 Å². The highest BCUT2D eigenvalue weighted by molar-refractivity contribution is 4.76. The minimum Gasteiger partial charge on any atom is -0.393 e. The molecule has 0 saturated carbocycles. The van der Waals surface area contributed by atoms with E-state index < -0.39 is 0 Å². The van der Waals surface area contributed by atoms with E-state index in [4.69, 9.17) is 0 Å². The van der Waals surface area contributed by atoms with Crippen LogP contribution in [0.1, 0.15) is 33.1 Å². The van der Waals surface area contributed by atoms with Crippen molar-refractivity contribution in [2.75, 3.05) is 21.1 Å². The van der Waals surface area contributed by atoms with Gasteiger partial charge in [0.15, 0.2) is 0 Å². The molecule has 0 aliphatic rings. The van der Waals surface area contributed by atoms with Crippen LogP contribution >= 0.6 is 0 Å². The molecule has 0 saturated heterocycles. The molecule has 0 heterocycles. The molecule has 0 bridgehead atoms. The Labute approximate surface area is 100 Å². The summed E-state index contributed by atoms with van der Waals surface area (Å²) in [5.41, 5.74) is 0. The molecular formula is C12H29N3O. The maximum atomic E-state index is 9.94. The van der Waals surface area contributed by atoms with Crippen LogP contribution in [0.4, 0.5) is 0 Å². The van der Waals surface area contributed by atoms with Crippen molar-refractivity contribution in [3.63, 3.8) is 0 Å². The van der Waals surface area contributed by atoms with Gasteiger partial charge >= 0.3 is 0 Å². The second kappa shape index (κ2) is 8.93. The molecule has 0 aliphatic heterocycles. The number of hydrogen-bond donors (Lipinski definition) is 4. The molecular weight excluding hydrogens is 202 g/mol. The number of rotatable bonds is 9. The van der Waals surface area contributed by atoms with Gasteiger partial charge in [-0.05, 0) is 54.3 Å². The molecule has 0 aromatic rings. The third kappa shape index (κ3) is 7.17. The lowest BCUT2D eigenvalue weighted by atomic mass is 9.98. The van der Waals surface area contributed by atoms with Crippen molar-refractivity contribution >= 4 is 0 Å². The highest BCUT2D eigenvalue weighted by Gasteiger charge is 2.16. The van der Waals surface area contributed by atoms with Gasteiger partial charge in [-0.25, -0.2) is 0 Å². The molecule has 0 aromatic carbocycles. The van der Waals surface area contributed by atoms with E-state index in [1.807, 2.05) is 21.1 Å². The third-order valence-electron chi connectivity index (χ3n) is 3.21. The summed E-state index contributed by atoms with van der Waals surface area (Å²) in [6.45, 7) is 4.25. The monoisotopic (exact) mass is 231 g/mol. The smallest absolute Gasteiger partial charge is 0.0569 e. The van der Waals surface area contributed by atoms with E-state index in [2.05, 4.69) is 29.8 Å². The zero-order chi connectivity index (χ0) is 12.6. The molecule has 4 heteroatoms. The summed E-state index contributed by atoms with van der Waals surface area (Å²) in [6, 6.07) is 1.22. The van der Waals surface area contributed by atoms with Gasteiger partial charge in [-0.1, -0.05) is 0 Å². The van der Waals surface area contributed by atoms with Crippen molar-refractivity contribution in [2.24, 2.45) is 0 Å². The number of aliphatic hydroxyl groups excluding tert-OH is 1. The first-order valence-electron chi connectivity index (χ1n) is 6.23. The van der Waals surface area contributed by atoms with Crippen molar-refractivity contribution in [2.45, 2.75) is 57.3 Å². The Balaban J connectivity index is 3.91.